The zero-order chi connectivity index (χ0) is 9.73. The number of alkyl halides is 1. The molecule has 1 heterocycles. The summed E-state index contributed by atoms with van der Waals surface area (Å²) in [4.78, 5) is 0. The number of hydrogen-bond donors (Lipinski definition) is 1. The third kappa shape index (κ3) is 4.08. The summed E-state index contributed by atoms with van der Waals surface area (Å²) in [6.07, 6.45) is 4.24. The molecule has 0 radical (unpaired) electrons. The van der Waals surface area contributed by atoms with Crippen molar-refractivity contribution in [1.82, 2.24) is 5.32 Å². The van der Waals surface area contributed by atoms with Crippen molar-refractivity contribution in [2.75, 3.05) is 13.1 Å². The van der Waals surface area contributed by atoms with Gasteiger partial charge in [-0.3, -0.25) is 0 Å². The fraction of sp³-hybridized carbons (Fsp3) is 1.00. The van der Waals surface area contributed by atoms with Crippen molar-refractivity contribution < 1.29 is 4.39 Å². The summed E-state index contributed by atoms with van der Waals surface area (Å²) in [5.41, 5.74) is -0.867. The molecule has 1 unspecified atom stereocenters. The molecule has 0 aliphatic carbocycles. The van der Waals surface area contributed by atoms with Gasteiger partial charge >= 0.3 is 0 Å². The molecule has 0 amide bonds. The highest BCUT2D eigenvalue weighted by Gasteiger charge is 2.29. The second-order valence-corrected chi connectivity index (χ2v) is 4.69. The highest BCUT2D eigenvalue weighted by Crippen LogP contribution is 2.30. The second kappa shape index (κ2) is 4.94. The Morgan fingerprint density at radius 3 is 2.77 bits per heavy atom. The van der Waals surface area contributed by atoms with E-state index in [4.69, 9.17) is 0 Å². The van der Waals surface area contributed by atoms with Crippen LogP contribution in [0.5, 0.6) is 0 Å². The molecule has 1 fully saturated rings. The summed E-state index contributed by atoms with van der Waals surface area (Å²) in [6, 6.07) is 0. The zero-order valence-corrected chi connectivity index (χ0v) is 8.91. The minimum Gasteiger partial charge on any atom is -0.317 e. The zero-order valence-electron chi connectivity index (χ0n) is 8.91. The Labute approximate surface area is 81.1 Å². The molecule has 1 N–H and O–H groups in total. The van der Waals surface area contributed by atoms with E-state index >= 15 is 0 Å². The third-order valence-electron chi connectivity index (χ3n) is 2.90. The van der Waals surface area contributed by atoms with Crippen LogP contribution in [0.2, 0.25) is 0 Å². The van der Waals surface area contributed by atoms with Gasteiger partial charge in [-0.2, -0.15) is 0 Å². The third-order valence-corrected chi connectivity index (χ3v) is 2.90. The largest absolute Gasteiger partial charge is 0.317 e. The van der Waals surface area contributed by atoms with Gasteiger partial charge in [-0.1, -0.05) is 13.8 Å². The maximum Gasteiger partial charge on any atom is 0.112 e. The first-order valence-electron chi connectivity index (χ1n) is 5.52. The molecule has 0 aromatic rings. The minimum absolute atomic E-state index is 0.629. The summed E-state index contributed by atoms with van der Waals surface area (Å²) < 4.78 is 14.2. The second-order valence-electron chi connectivity index (χ2n) is 4.69. The first-order valence-corrected chi connectivity index (χ1v) is 5.52. The number of rotatable bonds is 3. The number of halogens is 1. The quantitative estimate of drug-likeness (QED) is 0.716. The fourth-order valence-electron chi connectivity index (χ4n) is 1.89. The van der Waals surface area contributed by atoms with E-state index in [-0.39, 0.29) is 0 Å². The highest BCUT2D eigenvalue weighted by atomic mass is 19.1. The van der Waals surface area contributed by atoms with Gasteiger partial charge in [0.25, 0.3) is 0 Å². The minimum atomic E-state index is -0.867. The molecule has 1 saturated heterocycles. The van der Waals surface area contributed by atoms with Crippen molar-refractivity contribution in [2.24, 2.45) is 5.92 Å². The molecule has 0 aromatic heterocycles. The van der Waals surface area contributed by atoms with Crippen LogP contribution in [0.4, 0.5) is 4.39 Å². The summed E-state index contributed by atoms with van der Waals surface area (Å²) in [6.45, 7) is 6.18. The normalized spacial score (nSPS) is 30.5. The summed E-state index contributed by atoms with van der Waals surface area (Å²) in [7, 11) is 0. The molecule has 1 aliphatic rings. The molecule has 78 valence electrons. The van der Waals surface area contributed by atoms with Crippen molar-refractivity contribution in [3.05, 3.63) is 0 Å². The van der Waals surface area contributed by atoms with Crippen LogP contribution in [-0.4, -0.2) is 18.8 Å². The van der Waals surface area contributed by atoms with Crippen LogP contribution in [0, 0.1) is 5.92 Å². The van der Waals surface area contributed by atoms with Crippen molar-refractivity contribution in [3.8, 4) is 0 Å². The standard InChI is InChI=1S/C11H22FN/c1-10(2)4-6-11(12)5-3-8-13-9-7-11/h10,13H,3-9H2,1-2H3. The van der Waals surface area contributed by atoms with Gasteiger partial charge in [0.05, 0.1) is 0 Å². The molecule has 2 heteroatoms. The van der Waals surface area contributed by atoms with Crippen molar-refractivity contribution in [1.29, 1.82) is 0 Å². The Morgan fingerprint density at radius 1 is 1.31 bits per heavy atom. The smallest absolute Gasteiger partial charge is 0.112 e. The lowest BCUT2D eigenvalue weighted by molar-refractivity contribution is 0.123. The van der Waals surface area contributed by atoms with Crippen LogP contribution in [-0.2, 0) is 0 Å². The lowest BCUT2D eigenvalue weighted by Gasteiger charge is -2.23. The predicted molar refractivity (Wildman–Crippen MR) is 54.6 cm³/mol. The first kappa shape index (κ1) is 11.0. The molecule has 1 aliphatic heterocycles. The van der Waals surface area contributed by atoms with E-state index < -0.39 is 5.67 Å². The molecule has 0 spiro atoms. The summed E-state index contributed by atoms with van der Waals surface area (Å²) in [5, 5.41) is 3.25. The Hall–Kier alpha value is -0.110. The Bertz CT molecular complexity index is 137. The van der Waals surface area contributed by atoms with Crippen LogP contribution in [0.3, 0.4) is 0 Å². The van der Waals surface area contributed by atoms with Gasteiger partial charge in [-0.25, -0.2) is 4.39 Å². The lowest BCUT2D eigenvalue weighted by atomic mass is 9.89. The van der Waals surface area contributed by atoms with Gasteiger partial charge in [-0.05, 0) is 51.1 Å². The Kier molecular flexibility index (Phi) is 4.17. The maximum absolute atomic E-state index is 14.2. The van der Waals surface area contributed by atoms with Crippen LogP contribution in [0.25, 0.3) is 0 Å². The molecule has 0 saturated carbocycles. The van der Waals surface area contributed by atoms with E-state index in [1.165, 1.54) is 0 Å². The van der Waals surface area contributed by atoms with Gasteiger partial charge in [0, 0.05) is 0 Å². The lowest BCUT2D eigenvalue weighted by Crippen LogP contribution is -2.25. The van der Waals surface area contributed by atoms with Gasteiger partial charge in [-0.15, -0.1) is 0 Å². The topological polar surface area (TPSA) is 12.0 Å². The van der Waals surface area contributed by atoms with E-state index in [1.54, 1.807) is 0 Å². The van der Waals surface area contributed by atoms with Crippen molar-refractivity contribution >= 4 is 0 Å². The molecule has 1 rings (SSSR count). The van der Waals surface area contributed by atoms with Gasteiger partial charge in [0.1, 0.15) is 5.67 Å². The van der Waals surface area contributed by atoms with Crippen LogP contribution >= 0.6 is 0 Å². The monoisotopic (exact) mass is 187 g/mol. The molecule has 0 bridgehead atoms. The van der Waals surface area contributed by atoms with E-state index in [0.717, 1.165) is 38.8 Å². The molecule has 1 atom stereocenters. The fourth-order valence-corrected chi connectivity index (χ4v) is 1.89. The maximum atomic E-state index is 14.2. The predicted octanol–water partition coefficient (Wildman–Crippen LogP) is 2.90. The van der Waals surface area contributed by atoms with Crippen molar-refractivity contribution in [3.63, 3.8) is 0 Å². The average molecular weight is 187 g/mol. The number of hydrogen-bond acceptors (Lipinski definition) is 1. The van der Waals surface area contributed by atoms with E-state index in [2.05, 4.69) is 19.2 Å². The van der Waals surface area contributed by atoms with Crippen LogP contribution < -0.4 is 5.32 Å². The molecule has 1 nitrogen and oxygen atoms in total. The van der Waals surface area contributed by atoms with Crippen molar-refractivity contribution in [2.45, 2.75) is 51.6 Å². The van der Waals surface area contributed by atoms with Gasteiger partial charge in [0.15, 0.2) is 0 Å². The molecule has 0 aromatic carbocycles. The highest BCUT2D eigenvalue weighted by molar-refractivity contribution is 4.83. The first-order chi connectivity index (χ1) is 6.12. The Balaban J connectivity index is 2.33. The molecule has 13 heavy (non-hydrogen) atoms. The average Bonchev–Trinajstić information content (AvgIpc) is 2.28. The SMILES string of the molecule is CC(C)CCC1(F)CCCNCC1. The van der Waals surface area contributed by atoms with Gasteiger partial charge in [0.2, 0.25) is 0 Å². The van der Waals surface area contributed by atoms with E-state index in [0.29, 0.717) is 12.3 Å². The number of nitrogens with one attached hydrogen (secondary N) is 1. The van der Waals surface area contributed by atoms with E-state index in [1.807, 2.05) is 0 Å². The summed E-state index contributed by atoms with van der Waals surface area (Å²) in [5.74, 6) is 0.629. The van der Waals surface area contributed by atoms with Crippen LogP contribution in [0.15, 0.2) is 0 Å². The summed E-state index contributed by atoms with van der Waals surface area (Å²) >= 11 is 0. The Morgan fingerprint density at radius 2 is 2.08 bits per heavy atom. The van der Waals surface area contributed by atoms with Gasteiger partial charge < -0.3 is 5.32 Å². The van der Waals surface area contributed by atoms with E-state index in [9.17, 15) is 4.39 Å². The van der Waals surface area contributed by atoms with Crippen LogP contribution in [0.1, 0.15) is 46.0 Å². The molecular weight excluding hydrogens is 165 g/mol. The molecular formula is C11H22FN.